The summed E-state index contributed by atoms with van der Waals surface area (Å²) in [5.41, 5.74) is 5.25. The summed E-state index contributed by atoms with van der Waals surface area (Å²) in [6, 6.07) is 22.5. The first kappa shape index (κ1) is 24.1. The van der Waals surface area contributed by atoms with E-state index in [1.54, 1.807) is 19.1 Å². The molecule has 0 bridgehead atoms. The first-order valence-corrected chi connectivity index (χ1v) is 11.9. The van der Waals surface area contributed by atoms with Gasteiger partial charge in [-0.2, -0.15) is 4.98 Å². The lowest BCUT2D eigenvalue weighted by atomic mass is 9.94. The Morgan fingerprint density at radius 3 is 2.41 bits per heavy atom. The Hall–Kier alpha value is -4.59. The van der Waals surface area contributed by atoms with E-state index < -0.39 is 6.04 Å². The molecule has 0 saturated carbocycles. The van der Waals surface area contributed by atoms with Crippen molar-refractivity contribution in [2.45, 2.75) is 26.4 Å². The molecule has 1 aliphatic heterocycles. The Morgan fingerprint density at radius 1 is 0.946 bits per heavy atom. The lowest BCUT2D eigenvalue weighted by molar-refractivity contribution is 0.203. The molecular weight excluding hydrogens is 468 g/mol. The first-order chi connectivity index (χ1) is 18.0. The second kappa shape index (κ2) is 10.2. The van der Waals surface area contributed by atoms with E-state index in [0.717, 1.165) is 33.5 Å². The summed E-state index contributed by atoms with van der Waals surface area (Å²) in [4.78, 5) is 19.9. The van der Waals surface area contributed by atoms with E-state index in [4.69, 9.17) is 19.0 Å². The van der Waals surface area contributed by atoms with Crippen molar-refractivity contribution in [2.75, 3.05) is 14.2 Å². The topological polar surface area (TPSA) is 89.7 Å². The lowest BCUT2D eigenvalue weighted by Gasteiger charge is -2.35. The van der Waals surface area contributed by atoms with Gasteiger partial charge in [0.15, 0.2) is 11.5 Å². The van der Waals surface area contributed by atoms with Crippen molar-refractivity contribution in [2.24, 2.45) is 0 Å². The number of aromatic nitrogens is 2. The first-order valence-electron chi connectivity index (χ1n) is 11.9. The lowest BCUT2D eigenvalue weighted by Crippen LogP contribution is -2.45. The third kappa shape index (κ3) is 4.65. The zero-order valence-electron chi connectivity index (χ0n) is 21.2. The van der Waals surface area contributed by atoms with E-state index in [2.05, 4.69) is 10.5 Å². The molecular formula is C29H28N4O4. The van der Waals surface area contributed by atoms with Crippen LogP contribution in [0.15, 0.2) is 83.0 Å². The number of rotatable bonds is 7. The van der Waals surface area contributed by atoms with Crippen LogP contribution in [-0.2, 0) is 6.54 Å². The van der Waals surface area contributed by atoms with Gasteiger partial charge in [0.05, 0.1) is 32.4 Å². The number of benzene rings is 3. The predicted octanol–water partition coefficient (Wildman–Crippen LogP) is 5.76. The van der Waals surface area contributed by atoms with Crippen LogP contribution in [0.3, 0.4) is 0 Å². The zero-order chi connectivity index (χ0) is 25.9. The Labute approximate surface area is 215 Å². The number of ether oxygens (including phenoxy) is 2. The Kier molecular flexibility index (Phi) is 6.64. The number of hydrogen-bond acceptors (Lipinski definition) is 6. The fourth-order valence-electron chi connectivity index (χ4n) is 4.53. The van der Waals surface area contributed by atoms with Gasteiger partial charge in [0.25, 0.3) is 5.89 Å². The summed E-state index contributed by atoms with van der Waals surface area (Å²) < 4.78 is 16.7. The molecule has 0 radical (unpaired) electrons. The maximum atomic E-state index is 13.4. The Morgan fingerprint density at radius 2 is 1.68 bits per heavy atom. The number of hydrogen-bond donors (Lipinski definition) is 1. The largest absolute Gasteiger partial charge is 0.493 e. The molecule has 1 aromatic heterocycles. The molecule has 1 aliphatic rings. The van der Waals surface area contributed by atoms with Crippen molar-refractivity contribution in [1.29, 1.82) is 0 Å². The highest BCUT2D eigenvalue weighted by Gasteiger charge is 2.36. The number of carbonyl (C=O) groups is 1. The smallest absolute Gasteiger partial charge is 0.322 e. The average molecular weight is 497 g/mol. The Balaban J connectivity index is 1.62. The number of urea groups is 1. The van der Waals surface area contributed by atoms with E-state index >= 15 is 0 Å². The molecule has 2 heterocycles. The third-order valence-corrected chi connectivity index (χ3v) is 6.62. The normalized spacial score (nSPS) is 15.5. The second-order valence-electron chi connectivity index (χ2n) is 8.80. The van der Waals surface area contributed by atoms with Gasteiger partial charge in [-0.1, -0.05) is 65.8 Å². The standard InChI is InChI=1S/C29H28N4O4/c1-18-10-8-9-13-22(18)17-33-19(2)25(28-31-27(32-37-28)20-11-6-5-7-12-20)26(30-29(33)34)21-14-15-23(35-3)24(16-21)36-4/h5-16,26H,17H2,1-4H3,(H,30,34). The fraction of sp³-hybridized carbons (Fsp3) is 0.207. The summed E-state index contributed by atoms with van der Waals surface area (Å²) >= 11 is 0. The number of methoxy groups -OCH3 is 2. The van der Waals surface area contributed by atoms with Crippen LogP contribution in [0.4, 0.5) is 4.79 Å². The van der Waals surface area contributed by atoms with E-state index in [0.29, 0.717) is 29.8 Å². The van der Waals surface area contributed by atoms with Crippen molar-refractivity contribution in [3.05, 3.63) is 101 Å². The molecule has 8 nitrogen and oxygen atoms in total. The van der Waals surface area contributed by atoms with Gasteiger partial charge in [-0.15, -0.1) is 0 Å². The molecule has 1 N–H and O–H groups in total. The molecule has 4 aromatic rings. The maximum absolute atomic E-state index is 13.4. The average Bonchev–Trinajstić information content (AvgIpc) is 3.41. The van der Waals surface area contributed by atoms with Crippen molar-refractivity contribution in [1.82, 2.24) is 20.4 Å². The Bertz CT molecular complexity index is 1460. The van der Waals surface area contributed by atoms with Crippen LogP contribution in [0.2, 0.25) is 0 Å². The molecule has 8 heteroatoms. The van der Waals surface area contributed by atoms with Gasteiger partial charge < -0.3 is 19.3 Å². The molecule has 1 atom stereocenters. The van der Waals surface area contributed by atoms with Crippen molar-refractivity contribution in [3.8, 4) is 22.9 Å². The molecule has 5 rings (SSSR count). The van der Waals surface area contributed by atoms with Crippen LogP contribution in [0.5, 0.6) is 11.5 Å². The van der Waals surface area contributed by atoms with E-state index in [1.165, 1.54) is 0 Å². The second-order valence-corrected chi connectivity index (χ2v) is 8.80. The highest BCUT2D eigenvalue weighted by atomic mass is 16.5. The minimum atomic E-state index is -0.538. The monoisotopic (exact) mass is 496 g/mol. The van der Waals surface area contributed by atoms with Crippen LogP contribution >= 0.6 is 0 Å². The number of amides is 2. The van der Waals surface area contributed by atoms with Gasteiger partial charge in [0.1, 0.15) is 0 Å². The van der Waals surface area contributed by atoms with Crippen LogP contribution in [0.1, 0.15) is 35.5 Å². The van der Waals surface area contributed by atoms with Gasteiger partial charge in [-0.05, 0) is 42.7 Å². The SMILES string of the molecule is COc1ccc(C2NC(=O)N(Cc3ccccc3C)C(C)=C2c2nc(-c3ccccc3)no2)cc1OC. The number of aryl methyl sites for hydroxylation is 1. The van der Waals surface area contributed by atoms with Gasteiger partial charge >= 0.3 is 6.03 Å². The van der Waals surface area contributed by atoms with E-state index in [-0.39, 0.29) is 6.03 Å². The van der Waals surface area contributed by atoms with Crippen molar-refractivity contribution in [3.63, 3.8) is 0 Å². The maximum Gasteiger partial charge on any atom is 0.322 e. The number of carbonyl (C=O) groups excluding carboxylic acids is 1. The minimum absolute atomic E-state index is 0.216. The number of allylic oxidation sites excluding steroid dienone is 1. The van der Waals surface area contributed by atoms with Gasteiger partial charge in [-0.25, -0.2) is 4.79 Å². The summed E-state index contributed by atoms with van der Waals surface area (Å²) in [6.45, 7) is 4.35. The molecule has 0 aliphatic carbocycles. The predicted molar refractivity (Wildman–Crippen MR) is 140 cm³/mol. The number of nitrogens with zero attached hydrogens (tertiary/aromatic N) is 3. The van der Waals surface area contributed by atoms with Crippen molar-refractivity contribution < 1.29 is 18.8 Å². The molecule has 3 aromatic carbocycles. The highest BCUT2D eigenvalue weighted by Crippen LogP contribution is 2.40. The van der Waals surface area contributed by atoms with Crippen LogP contribution in [0, 0.1) is 6.92 Å². The molecule has 0 spiro atoms. The molecule has 2 amide bonds. The molecule has 0 fully saturated rings. The van der Waals surface area contributed by atoms with Gasteiger partial charge in [0.2, 0.25) is 5.82 Å². The third-order valence-electron chi connectivity index (χ3n) is 6.62. The van der Waals surface area contributed by atoms with Crippen molar-refractivity contribution >= 4 is 11.6 Å². The summed E-state index contributed by atoms with van der Waals surface area (Å²) in [5.74, 6) is 1.97. The quantitative estimate of drug-likeness (QED) is 0.350. The summed E-state index contributed by atoms with van der Waals surface area (Å²) in [6.07, 6.45) is 0. The highest BCUT2D eigenvalue weighted by molar-refractivity contribution is 5.87. The summed E-state index contributed by atoms with van der Waals surface area (Å²) in [7, 11) is 3.17. The van der Waals surface area contributed by atoms with Gasteiger partial charge in [0, 0.05) is 11.3 Å². The molecule has 37 heavy (non-hydrogen) atoms. The minimum Gasteiger partial charge on any atom is -0.493 e. The van der Waals surface area contributed by atoms with Gasteiger partial charge in [-0.3, -0.25) is 4.90 Å². The molecule has 1 unspecified atom stereocenters. The zero-order valence-corrected chi connectivity index (χ0v) is 21.2. The number of nitrogens with one attached hydrogen (secondary N) is 1. The molecule has 188 valence electrons. The summed E-state index contributed by atoms with van der Waals surface area (Å²) in [5, 5.41) is 7.38. The molecule has 0 saturated heterocycles. The van der Waals surface area contributed by atoms with E-state index in [9.17, 15) is 4.79 Å². The van der Waals surface area contributed by atoms with E-state index in [1.807, 2.05) is 86.6 Å². The van der Waals surface area contributed by atoms with Crippen LogP contribution in [-0.4, -0.2) is 35.3 Å². The van der Waals surface area contributed by atoms with Crippen LogP contribution < -0.4 is 14.8 Å². The van der Waals surface area contributed by atoms with Crippen LogP contribution in [0.25, 0.3) is 17.0 Å². The fourth-order valence-corrected chi connectivity index (χ4v) is 4.53.